The molecule has 2 rings (SSSR count). The number of carbonyl (C=O) groups is 2. The van der Waals surface area contributed by atoms with Crippen molar-refractivity contribution in [3.05, 3.63) is 65.7 Å². The first-order valence-electron chi connectivity index (χ1n) is 8.15. The highest BCUT2D eigenvalue weighted by molar-refractivity contribution is 5.98. The monoisotopic (exact) mass is 399 g/mol. The molecular weight excluding hydrogens is 382 g/mol. The average molecular weight is 399 g/mol. The van der Waals surface area contributed by atoms with Crippen LogP contribution >= 0.6 is 0 Å². The molecule has 150 valence electrons. The molecule has 0 fully saturated rings. The van der Waals surface area contributed by atoms with Gasteiger partial charge in [-0.1, -0.05) is 12.1 Å². The first kappa shape index (κ1) is 21.3. The molecule has 2 N–H and O–H groups in total. The lowest BCUT2D eigenvalue weighted by molar-refractivity contribution is -0.219. The van der Waals surface area contributed by atoms with Crippen LogP contribution in [0.5, 0.6) is 0 Å². The Hall–Kier alpha value is -3.01. The summed E-state index contributed by atoms with van der Waals surface area (Å²) in [4.78, 5) is 28.2. The van der Waals surface area contributed by atoms with Gasteiger partial charge in [0, 0.05) is 18.9 Å². The Labute approximate surface area is 157 Å². The van der Waals surface area contributed by atoms with Gasteiger partial charge in [-0.2, -0.15) is 13.2 Å². The largest absolute Gasteiger partial charge is 0.463 e. The van der Waals surface area contributed by atoms with E-state index in [4.69, 9.17) is 0 Å². The molecule has 1 atom stereocenters. The highest BCUT2D eigenvalue weighted by atomic mass is 19.4. The normalized spacial score (nSPS) is 13.5. The molecule has 0 radical (unpaired) electrons. The Morgan fingerprint density at radius 3 is 2.36 bits per heavy atom. The van der Waals surface area contributed by atoms with Gasteiger partial charge in [-0.25, -0.2) is 9.18 Å². The molecule has 1 aromatic carbocycles. The van der Waals surface area contributed by atoms with Gasteiger partial charge >= 0.3 is 12.1 Å². The van der Waals surface area contributed by atoms with Gasteiger partial charge in [0.15, 0.2) is 0 Å². The standard InChI is InChI=1S/C18H17F4N3O3/c1-2-28-16(27)17(18(20,21)22,24-10-12-5-7-14(19)8-6-12)25-15(26)13-4-3-9-23-11-13/h3-9,11,24H,2,10H2,1H3,(H,25,26)/t17-/m1/s1. The molecule has 0 saturated heterocycles. The molecule has 1 heterocycles. The lowest BCUT2D eigenvalue weighted by atomic mass is 10.1. The summed E-state index contributed by atoms with van der Waals surface area (Å²) in [7, 11) is 0. The second-order valence-electron chi connectivity index (χ2n) is 5.64. The molecule has 28 heavy (non-hydrogen) atoms. The van der Waals surface area contributed by atoms with Crippen molar-refractivity contribution < 1.29 is 31.9 Å². The van der Waals surface area contributed by atoms with E-state index in [1.165, 1.54) is 37.4 Å². The maximum atomic E-state index is 13.9. The van der Waals surface area contributed by atoms with Gasteiger partial charge in [-0.05, 0) is 36.8 Å². The van der Waals surface area contributed by atoms with E-state index in [0.717, 1.165) is 18.3 Å². The molecule has 0 aliphatic heterocycles. The minimum Gasteiger partial charge on any atom is -0.463 e. The smallest absolute Gasteiger partial charge is 0.436 e. The zero-order chi connectivity index (χ0) is 20.8. The predicted octanol–water partition coefficient (Wildman–Crippen LogP) is 2.56. The van der Waals surface area contributed by atoms with Crippen molar-refractivity contribution in [2.75, 3.05) is 6.61 Å². The van der Waals surface area contributed by atoms with E-state index in [1.807, 2.05) is 5.32 Å². The molecule has 1 aromatic heterocycles. The van der Waals surface area contributed by atoms with Crippen LogP contribution in [-0.2, 0) is 16.1 Å². The number of ether oxygens (including phenoxy) is 1. The zero-order valence-corrected chi connectivity index (χ0v) is 14.7. The van der Waals surface area contributed by atoms with Gasteiger partial charge in [-0.3, -0.25) is 15.1 Å². The molecular formula is C18H17F4N3O3. The topological polar surface area (TPSA) is 80.3 Å². The van der Waals surface area contributed by atoms with Crippen LogP contribution in [0.4, 0.5) is 17.6 Å². The molecule has 2 aromatic rings. The van der Waals surface area contributed by atoms with Crippen molar-refractivity contribution in [3.63, 3.8) is 0 Å². The number of hydrogen-bond donors (Lipinski definition) is 2. The van der Waals surface area contributed by atoms with Crippen LogP contribution in [0.3, 0.4) is 0 Å². The summed E-state index contributed by atoms with van der Waals surface area (Å²) in [6.45, 7) is 0.505. The van der Waals surface area contributed by atoms with Gasteiger partial charge < -0.3 is 10.1 Å². The Morgan fingerprint density at radius 1 is 1.14 bits per heavy atom. The minimum absolute atomic E-state index is 0.177. The number of hydrogen-bond acceptors (Lipinski definition) is 5. The summed E-state index contributed by atoms with van der Waals surface area (Å²) in [6, 6.07) is 7.22. The van der Waals surface area contributed by atoms with E-state index in [0.29, 0.717) is 0 Å². The molecule has 0 unspecified atom stereocenters. The van der Waals surface area contributed by atoms with Gasteiger partial charge in [-0.15, -0.1) is 0 Å². The molecule has 0 bridgehead atoms. The number of aromatic nitrogens is 1. The predicted molar refractivity (Wildman–Crippen MR) is 90.4 cm³/mol. The number of nitrogens with one attached hydrogen (secondary N) is 2. The molecule has 1 amide bonds. The number of halogens is 4. The van der Waals surface area contributed by atoms with Crippen molar-refractivity contribution in [2.24, 2.45) is 0 Å². The van der Waals surface area contributed by atoms with Gasteiger partial charge in [0.05, 0.1) is 12.2 Å². The number of carbonyl (C=O) groups excluding carboxylic acids is 2. The van der Waals surface area contributed by atoms with Crippen molar-refractivity contribution in [2.45, 2.75) is 25.3 Å². The van der Waals surface area contributed by atoms with Crippen LogP contribution in [-0.4, -0.2) is 35.3 Å². The van der Waals surface area contributed by atoms with Crippen LogP contribution in [0.25, 0.3) is 0 Å². The number of nitrogens with zero attached hydrogens (tertiary/aromatic N) is 1. The lowest BCUT2D eigenvalue weighted by Gasteiger charge is -2.34. The first-order chi connectivity index (χ1) is 13.2. The molecule has 0 aliphatic rings. The van der Waals surface area contributed by atoms with Gasteiger partial charge in [0.25, 0.3) is 11.6 Å². The average Bonchev–Trinajstić information content (AvgIpc) is 2.66. The lowest BCUT2D eigenvalue weighted by Crippen LogP contribution is -2.72. The highest BCUT2D eigenvalue weighted by Crippen LogP contribution is 2.30. The van der Waals surface area contributed by atoms with E-state index in [2.05, 4.69) is 9.72 Å². The fourth-order valence-corrected chi connectivity index (χ4v) is 2.27. The SMILES string of the molecule is CCOC(=O)[C@@](NCc1ccc(F)cc1)(NC(=O)c1cccnc1)C(F)(F)F. The number of pyridine rings is 1. The Balaban J connectivity index is 2.37. The summed E-state index contributed by atoms with van der Waals surface area (Å²) in [5.41, 5.74) is -3.43. The molecule has 0 saturated carbocycles. The number of benzene rings is 1. The summed E-state index contributed by atoms with van der Waals surface area (Å²) in [5.74, 6) is -3.46. The highest BCUT2D eigenvalue weighted by Gasteiger charge is 2.63. The van der Waals surface area contributed by atoms with Crippen molar-refractivity contribution in [1.82, 2.24) is 15.6 Å². The number of esters is 1. The van der Waals surface area contributed by atoms with E-state index < -0.39 is 36.1 Å². The van der Waals surface area contributed by atoms with Crippen LogP contribution in [0, 0.1) is 5.82 Å². The van der Waals surface area contributed by atoms with Gasteiger partial charge in [0.2, 0.25) is 0 Å². The van der Waals surface area contributed by atoms with E-state index in [1.54, 1.807) is 5.32 Å². The summed E-state index contributed by atoms with van der Waals surface area (Å²) in [5, 5.41) is 3.71. The fraction of sp³-hybridized carbons (Fsp3) is 0.278. The second kappa shape index (κ2) is 8.79. The Kier molecular flexibility index (Phi) is 6.68. The van der Waals surface area contributed by atoms with Crippen molar-refractivity contribution in [3.8, 4) is 0 Å². The first-order valence-corrected chi connectivity index (χ1v) is 8.15. The number of rotatable bonds is 7. The zero-order valence-electron chi connectivity index (χ0n) is 14.7. The molecule has 0 spiro atoms. The number of amides is 1. The maximum Gasteiger partial charge on any atom is 0.436 e. The molecule has 0 aliphatic carbocycles. The van der Waals surface area contributed by atoms with Crippen LogP contribution in [0.2, 0.25) is 0 Å². The number of alkyl halides is 3. The van der Waals surface area contributed by atoms with E-state index >= 15 is 0 Å². The Morgan fingerprint density at radius 2 is 1.82 bits per heavy atom. The van der Waals surface area contributed by atoms with Gasteiger partial charge in [0.1, 0.15) is 5.82 Å². The van der Waals surface area contributed by atoms with Crippen LogP contribution in [0.15, 0.2) is 48.8 Å². The third-order valence-corrected chi connectivity index (χ3v) is 3.70. The summed E-state index contributed by atoms with van der Waals surface area (Å²) >= 11 is 0. The van der Waals surface area contributed by atoms with Crippen LogP contribution in [0.1, 0.15) is 22.8 Å². The third kappa shape index (κ3) is 4.83. The molecule has 6 nitrogen and oxygen atoms in total. The minimum atomic E-state index is -5.24. The summed E-state index contributed by atoms with van der Waals surface area (Å²) in [6.07, 6.45) is -2.84. The van der Waals surface area contributed by atoms with Crippen molar-refractivity contribution >= 4 is 11.9 Å². The maximum absolute atomic E-state index is 13.9. The van der Waals surface area contributed by atoms with Crippen LogP contribution < -0.4 is 10.6 Å². The van der Waals surface area contributed by atoms with E-state index in [9.17, 15) is 27.2 Å². The third-order valence-electron chi connectivity index (χ3n) is 3.70. The quantitative estimate of drug-likeness (QED) is 0.425. The summed E-state index contributed by atoms with van der Waals surface area (Å²) < 4.78 is 59.4. The van der Waals surface area contributed by atoms with E-state index in [-0.39, 0.29) is 17.7 Å². The van der Waals surface area contributed by atoms with Crippen molar-refractivity contribution in [1.29, 1.82) is 0 Å². The second-order valence-corrected chi connectivity index (χ2v) is 5.64. The fourth-order valence-electron chi connectivity index (χ4n) is 2.27. The Bertz CT molecular complexity index is 813. The molecule has 10 heteroatoms.